The second kappa shape index (κ2) is 5.11. The van der Waals surface area contributed by atoms with E-state index in [0.29, 0.717) is 12.2 Å². The maximum Gasteiger partial charge on any atom is 0.407 e. The number of rotatable bonds is 3. The van der Waals surface area contributed by atoms with E-state index in [0.717, 1.165) is 0 Å². The minimum absolute atomic E-state index is 0.171. The van der Waals surface area contributed by atoms with Crippen LogP contribution < -0.4 is 5.32 Å². The standard InChI is InChI=1S/C10H13NO3/c1-2-14-10(13)11-7-8-5-3-4-6-9(8)12/h3-6,12H,2,7H2,1H3,(H,11,13). The maximum absolute atomic E-state index is 10.9. The number of carbonyl (C=O) groups is 1. The topological polar surface area (TPSA) is 58.6 Å². The number of carbonyl (C=O) groups excluding carboxylic acids is 1. The van der Waals surface area contributed by atoms with E-state index in [9.17, 15) is 9.90 Å². The van der Waals surface area contributed by atoms with E-state index in [1.165, 1.54) is 0 Å². The highest BCUT2D eigenvalue weighted by molar-refractivity contribution is 5.67. The molecule has 1 aromatic carbocycles. The van der Waals surface area contributed by atoms with Gasteiger partial charge in [0.15, 0.2) is 0 Å². The fourth-order valence-corrected chi connectivity index (χ4v) is 1.01. The number of hydrogen-bond donors (Lipinski definition) is 2. The molecule has 1 amide bonds. The summed E-state index contributed by atoms with van der Waals surface area (Å²) in [5, 5.41) is 11.9. The van der Waals surface area contributed by atoms with Crippen LogP contribution >= 0.6 is 0 Å². The van der Waals surface area contributed by atoms with Crippen molar-refractivity contribution in [3.05, 3.63) is 29.8 Å². The molecule has 4 nitrogen and oxygen atoms in total. The molecule has 0 aliphatic rings. The smallest absolute Gasteiger partial charge is 0.407 e. The van der Waals surface area contributed by atoms with Crippen LogP contribution in [0.1, 0.15) is 12.5 Å². The van der Waals surface area contributed by atoms with Gasteiger partial charge in [-0.1, -0.05) is 18.2 Å². The summed E-state index contributed by atoms with van der Waals surface area (Å²) in [6, 6.07) is 6.83. The zero-order valence-electron chi connectivity index (χ0n) is 7.99. The monoisotopic (exact) mass is 195 g/mol. The molecule has 4 heteroatoms. The quantitative estimate of drug-likeness (QED) is 0.770. The Balaban J connectivity index is 2.46. The van der Waals surface area contributed by atoms with E-state index in [4.69, 9.17) is 0 Å². The Morgan fingerprint density at radius 2 is 2.21 bits per heavy atom. The van der Waals surface area contributed by atoms with Gasteiger partial charge in [0, 0.05) is 12.1 Å². The van der Waals surface area contributed by atoms with E-state index in [1.54, 1.807) is 31.2 Å². The number of hydrogen-bond acceptors (Lipinski definition) is 3. The van der Waals surface area contributed by atoms with Crippen LogP contribution in [-0.2, 0) is 11.3 Å². The SMILES string of the molecule is CCOC(=O)NCc1ccccc1O. The molecule has 0 atom stereocenters. The van der Waals surface area contributed by atoms with Crippen molar-refractivity contribution in [3.8, 4) is 5.75 Å². The van der Waals surface area contributed by atoms with Crippen LogP contribution in [0, 0.1) is 0 Å². The van der Waals surface area contributed by atoms with E-state index < -0.39 is 6.09 Å². The summed E-state index contributed by atoms with van der Waals surface area (Å²) in [4.78, 5) is 10.9. The number of amides is 1. The summed E-state index contributed by atoms with van der Waals surface area (Å²) >= 11 is 0. The Hall–Kier alpha value is -1.71. The zero-order valence-corrected chi connectivity index (χ0v) is 7.99. The number of phenolic OH excluding ortho intramolecular Hbond substituents is 1. The molecule has 1 aromatic rings. The number of benzene rings is 1. The van der Waals surface area contributed by atoms with Gasteiger partial charge < -0.3 is 15.2 Å². The van der Waals surface area contributed by atoms with Gasteiger partial charge in [0.2, 0.25) is 0 Å². The average Bonchev–Trinajstić information content (AvgIpc) is 2.17. The number of phenols is 1. The number of alkyl carbamates (subject to hydrolysis) is 1. The van der Waals surface area contributed by atoms with Crippen LogP contribution in [0.15, 0.2) is 24.3 Å². The van der Waals surface area contributed by atoms with Gasteiger partial charge in [-0.25, -0.2) is 4.79 Å². The first-order valence-electron chi connectivity index (χ1n) is 4.41. The first-order valence-corrected chi connectivity index (χ1v) is 4.41. The molecule has 0 radical (unpaired) electrons. The second-order valence-corrected chi connectivity index (χ2v) is 2.70. The van der Waals surface area contributed by atoms with Crippen molar-refractivity contribution < 1.29 is 14.6 Å². The van der Waals surface area contributed by atoms with Gasteiger partial charge in [-0.05, 0) is 13.0 Å². The molecule has 0 unspecified atom stereocenters. The lowest BCUT2D eigenvalue weighted by molar-refractivity contribution is 0.151. The predicted octanol–water partition coefficient (Wildman–Crippen LogP) is 1.64. The molecule has 0 aromatic heterocycles. The molecule has 0 spiro atoms. The number of ether oxygens (including phenoxy) is 1. The lowest BCUT2D eigenvalue weighted by atomic mass is 10.2. The molecule has 2 N–H and O–H groups in total. The number of para-hydroxylation sites is 1. The Morgan fingerprint density at radius 3 is 2.86 bits per heavy atom. The lowest BCUT2D eigenvalue weighted by Gasteiger charge is -2.06. The van der Waals surface area contributed by atoms with Crippen molar-refractivity contribution in [2.75, 3.05) is 6.61 Å². The number of nitrogens with one attached hydrogen (secondary N) is 1. The lowest BCUT2D eigenvalue weighted by Crippen LogP contribution is -2.23. The van der Waals surface area contributed by atoms with Gasteiger partial charge in [0.1, 0.15) is 5.75 Å². The Kier molecular flexibility index (Phi) is 3.79. The van der Waals surface area contributed by atoms with Crippen LogP contribution in [0.2, 0.25) is 0 Å². The molecule has 0 saturated heterocycles. The Labute approximate surface area is 82.5 Å². The molecule has 14 heavy (non-hydrogen) atoms. The largest absolute Gasteiger partial charge is 0.508 e. The molecule has 76 valence electrons. The normalized spacial score (nSPS) is 9.50. The summed E-state index contributed by atoms with van der Waals surface area (Å²) < 4.78 is 4.67. The highest BCUT2D eigenvalue weighted by atomic mass is 16.5. The van der Waals surface area contributed by atoms with Crippen LogP contribution in [0.4, 0.5) is 4.79 Å². The summed E-state index contributed by atoms with van der Waals surface area (Å²) in [7, 11) is 0. The van der Waals surface area contributed by atoms with Crippen molar-refractivity contribution >= 4 is 6.09 Å². The summed E-state index contributed by atoms with van der Waals surface area (Å²) in [5.41, 5.74) is 0.667. The third-order valence-corrected chi connectivity index (χ3v) is 1.69. The zero-order chi connectivity index (χ0) is 10.4. The first kappa shape index (κ1) is 10.4. The maximum atomic E-state index is 10.9. The van der Waals surface area contributed by atoms with Gasteiger partial charge in [0.05, 0.1) is 6.61 Å². The van der Waals surface area contributed by atoms with Crippen molar-refractivity contribution in [2.45, 2.75) is 13.5 Å². The summed E-state index contributed by atoms with van der Waals surface area (Å²) in [6.45, 7) is 2.34. The van der Waals surface area contributed by atoms with Crippen molar-refractivity contribution in [1.29, 1.82) is 0 Å². The Bertz CT molecular complexity index is 312. The van der Waals surface area contributed by atoms with Crippen LogP contribution in [0.5, 0.6) is 5.75 Å². The molecule has 0 bridgehead atoms. The molecule has 0 heterocycles. The van der Waals surface area contributed by atoms with Crippen molar-refractivity contribution in [2.24, 2.45) is 0 Å². The van der Waals surface area contributed by atoms with E-state index in [-0.39, 0.29) is 12.3 Å². The van der Waals surface area contributed by atoms with E-state index >= 15 is 0 Å². The number of aromatic hydroxyl groups is 1. The third kappa shape index (κ3) is 2.97. The molecule has 0 aliphatic heterocycles. The third-order valence-electron chi connectivity index (χ3n) is 1.69. The minimum atomic E-state index is -0.476. The van der Waals surface area contributed by atoms with E-state index in [2.05, 4.69) is 10.1 Å². The van der Waals surface area contributed by atoms with Gasteiger partial charge in [-0.3, -0.25) is 0 Å². The average molecular weight is 195 g/mol. The van der Waals surface area contributed by atoms with Crippen molar-refractivity contribution in [1.82, 2.24) is 5.32 Å². The second-order valence-electron chi connectivity index (χ2n) is 2.70. The Morgan fingerprint density at radius 1 is 1.50 bits per heavy atom. The van der Waals surface area contributed by atoms with Crippen molar-refractivity contribution in [3.63, 3.8) is 0 Å². The van der Waals surface area contributed by atoms with Gasteiger partial charge >= 0.3 is 6.09 Å². The van der Waals surface area contributed by atoms with Gasteiger partial charge in [-0.2, -0.15) is 0 Å². The molecule has 0 aliphatic carbocycles. The molecular weight excluding hydrogens is 182 g/mol. The minimum Gasteiger partial charge on any atom is -0.508 e. The summed E-state index contributed by atoms with van der Waals surface area (Å²) in [5.74, 6) is 0.171. The van der Waals surface area contributed by atoms with E-state index in [1.807, 2.05) is 0 Å². The molecule has 1 rings (SSSR count). The van der Waals surface area contributed by atoms with Crippen LogP contribution in [0.3, 0.4) is 0 Å². The predicted molar refractivity (Wildman–Crippen MR) is 52.0 cm³/mol. The van der Waals surface area contributed by atoms with Gasteiger partial charge in [0.25, 0.3) is 0 Å². The van der Waals surface area contributed by atoms with Crippen LogP contribution in [-0.4, -0.2) is 17.8 Å². The highest BCUT2D eigenvalue weighted by Gasteiger charge is 2.02. The molecule has 0 saturated carbocycles. The molecular formula is C10H13NO3. The first-order chi connectivity index (χ1) is 6.74. The fraction of sp³-hybridized carbons (Fsp3) is 0.300. The fourth-order valence-electron chi connectivity index (χ4n) is 1.01. The highest BCUT2D eigenvalue weighted by Crippen LogP contribution is 2.14. The van der Waals surface area contributed by atoms with Crippen LogP contribution in [0.25, 0.3) is 0 Å². The van der Waals surface area contributed by atoms with Gasteiger partial charge in [-0.15, -0.1) is 0 Å². The summed E-state index contributed by atoms with van der Waals surface area (Å²) in [6.07, 6.45) is -0.476. The molecule has 0 fully saturated rings.